The lowest BCUT2D eigenvalue weighted by atomic mass is 10.1. The maximum Gasteiger partial charge on any atom is 0.274 e. The van der Waals surface area contributed by atoms with Crippen molar-refractivity contribution >= 4 is 17.6 Å². The summed E-state index contributed by atoms with van der Waals surface area (Å²) in [6, 6.07) is 17.2. The van der Waals surface area contributed by atoms with Gasteiger partial charge in [0.25, 0.3) is 11.8 Å². The van der Waals surface area contributed by atoms with Crippen LogP contribution in [0.3, 0.4) is 0 Å². The van der Waals surface area contributed by atoms with E-state index in [0.717, 1.165) is 25.9 Å². The summed E-state index contributed by atoms with van der Waals surface area (Å²) in [5.41, 5.74) is 9.01. The van der Waals surface area contributed by atoms with Crippen molar-refractivity contribution < 1.29 is 9.59 Å². The van der Waals surface area contributed by atoms with Crippen LogP contribution in [0, 0.1) is 0 Å². The normalized spacial score (nSPS) is 16.0. The van der Waals surface area contributed by atoms with Crippen LogP contribution in [-0.2, 0) is 6.42 Å². The molecule has 36 heavy (non-hydrogen) atoms. The number of likely N-dealkylation sites (tertiary alicyclic amines) is 1. The number of nitrogens with one attached hydrogen (secondary N) is 2. The maximum atomic E-state index is 13.0. The Morgan fingerprint density at radius 1 is 1.08 bits per heavy atom. The molecule has 0 aliphatic carbocycles. The highest BCUT2D eigenvalue weighted by Gasteiger charge is 2.31. The number of carbonyl (C=O) groups excluding carboxylic acids is 2. The van der Waals surface area contributed by atoms with Crippen LogP contribution in [0.1, 0.15) is 53.6 Å². The Morgan fingerprint density at radius 2 is 1.86 bits per heavy atom. The molecule has 0 radical (unpaired) electrons. The van der Waals surface area contributed by atoms with Crippen LogP contribution >= 0.6 is 0 Å². The van der Waals surface area contributed by atoms with E-state index in [1.54, 1.807) is 18.2 Å². The first-order valence-corrected chi connectivity index (χ1v) is 12.3. The molecule has 2 heterocycles. The molecule has 1 aromatic heterocycles. The Labute approximate surface area is 212 Å². The van der Waals surface area contributed by atoms with E-state index in [1.807, 2.05) is 36.4 Å². The van der Waals surface area contributed by atoms with Gasteiger partial charge in [-0.15, -0.1) is 0 Å². The van der Waals surface area contributed by atoms with Gasteiger partial charge in [-0.3, -0.25) is 14.5 Å². The quantitative estimate of drug-likeness (QED) is 0.472. The van der Waals surface area contributed by atoms with Crippen LogP contribution in [0.25, 0.3) is 11.3 Å². The van der Waals surface area contributed by atoms with Crippen molar-refractivity contribution in [3.63, 3.8) is 0 Å². The molecule has 0 bridgehead atoms. The third-order valence-electron chi connectivity index (χ3n) is 6.45. The van der Waals surface area contributed by atoms with E-state index in [4.69, 9.17) is 5.73 Å². The van der Waals surface area contributed by atoms with Crippen LogP contribution in [0.4, 0.5) is 5.82 Å². The van der Waals surface area contributed by atoms with Gasteiger partial charge in [-0.2, -0.15) is 0 Å². The summed E-state index contributed by atoms with van der Waals surface area (Å²) < 4.78 is 0. The number of aromatic nitrogens is 2. The average molecular weight is 487 g/mol. The van der Waals surface area contributed by atoms with Gasteiger partial charge in [0.2, 0.25) is 0 Å². The SMILES string of the molecule is CC(C)(C)N1CC[C@H](NC(=O)c2nc(-c3cccc(C(=O)NCCc4ccccc4)c3)cnc2N)C1. The average Bonchev–Trinajstić information content (AvgIpc) is 3.34. The zero-order valence-corrected chi connectivity index (χ0v) is 21.1. The number of nitrogens with two attached hydrogens (primary N) is 1. The smallest absolute Gasteiger partial charge is 0.274 e. The fourth-order valence-corrected chi connectivity index (χ4v) is 4.33. The molecular formula is C28H34N6O2. The number of nitrogen functional groups attached to an aromatic ring is 1. The van der Waals surface area contributed by atoms with E-state index in [1.165, 1.54) is 11.8 Å². The van der Waals surface area contributed by atoms with Crippen molar-refractivity contribution in [2.24, 2.45) is 0 Å². The number of nitrogens with zero attached hydrogens (tertiary/aromatic N) is 3. The lowest BCUT2D eigenvalue weighted by Crippen LogP contribution is -2.43. The molecular weight excluding hydrogens is 452 g/mol. The van der Waals surface area contributed by atoms with Crippen LogP contribution in [-0.4, -0.2) is 57.9 Å². The number of hydrogen-bond acceptors (Lipinski definition) is 6. The van der Waals surface area contributed by atoms with Gasteiger partial charge in [0, 0.05) is 42.3 Å². The van der Waals surface area contributed by atoms with Gasteiger partial charge in [-0.25, -0.2) is 9.97 Å². The molecule has 188 valence electrons. The highest BCUT2D eigenvalue weighted by molar-refractivity contribution is 5.97. The number of rotatable bonds is 7. The first-order chi connectivity index (χ1) is 17.2. The molecule has 4 rings (SSSR count). The van der Waals surface area contributed by atoms with Gasteiger partial charge in [-0.1, -0.05) is 42.5 Å². The predicted molar refractivity (Wildman–Crippen MR) is 142 cm³/mol. The van der Waals surface area contributed by atoms with Crippen molar-refractivity contribution in [3.8, 4) is 11.3 Å². The van der Waals surface area contributed by atoms with Crippen LogP contribution in [0.2, 0.25) is 0 Å². The first-order valence-electron chi connectivity index (χ1n) is 12.3. The third-order valence-corrected chi connectivity index (χ3v) is 6.45. The Morgan fingerprint density at radius 3 is 2.58 bits per heavy atom. The minimum absolute atomic E-state index is 0.0319. The molecule has 0 spiro atoms. The highest BCUT2D eigenvalue weighted by Crippen LogP contribution is 2.22. The van der Waals surface area contributed by atoms with Gasteiger partial charge in [0.1, 0.15) is 0 Å². The molecule has 0 unspecified atom stereocenters. The molecule has 1 aliphatic heterocycles. The number of anilines is 1. The minimum Gasteiger partial charge on any atom is -0.382 e. The van der Waals surface area contributed by atoms with Crippen molar-refractivity contribution in [2.75, 3.05) is 25.4 Å². The van der Waals surface area contributed by atoms with E-state index < -0.39 is 0 Å². The first kappa shape index (κ1) is 25.3. The Hall–Kier alpha value is -3.78. The van der Waals surface area contributed by atoms with Crippen LogP contribution in [0.5, 0.6) is 0 Å². The van der Waals surface area contributed by atoms with E-state index in [2.05, 4.69) is 46.3 Å². The van der Waals surface area contributed by atoms with Gasteiger partial charge in [0.15, 0.2) is 11.5 Å². The largest absolute Gasteiger partial charge is 0.382 e. The van der Waals surface area contributed by atoms with E-state index in [0.29, 0.717) is 23.4 Å². The third kappa shape index (κ3) is 6.26. The summed E-state index contributed by atoms with van der Waals surface area (Å²) in [6.07, 6.45) is 3.15. The molecule has 8 heteroatoms. The number of hydrogen-bond donors (Lipinski definition) is 3. The zero-order valence-electron chi connectivity index (χ0n) is 21.1. The monoisotopic (exact) mass is 486 g/mol. The van der Waals surface area contributed by atoms with E-state index in [-0.39, 0.29) is 34.9 Å². The summed E-state index contributed by atoms with van der Waals surface area (Å²) in [7, 11) is 0. The molecule has 4 N–H and O–H groups in total. The van der Waals surface area contributed by atoms with Gasteiger partial charge in [-0.05, 0) is 51.3 Å². The summed E-state index contributed by atoms with van der Waals surface area (Å²) in [5, 5.41) is 6.01. The predicted octanol–water partition coefficient (Wildman–Crippen LogP) is 3.30. The summed E-state index contributed by atoms with van der Waals surface area (Å²) >= 11 is 0. The highest BCUT2D eigenvalue weighted by atomic mass is 16.2. The molecule has 2 aromatic carbocycles. The van der Waals surface area contributed by atoms with E-state index >= 15 is 0 Å². The lowest BCUT2D eigenvalue weighted by Gasteiger charge is -2.31. The molecule has 0 saturated carbocycles. The second-order valence-corrected chi connectivity index (χ2v) is 10.1. The van der Waals surface area contributed by atoms with Gasteiger partial charge >= 0.3 is 0 Å². The van der Waals surface area contributed by atoms with Crippen molar-refractivity contribution in [2.45, 2.75) is 45.2 Å². The van der Waals surface area contributed by atoms with Crippen molar-refractivity contribution in [3.05, 3.63) is 77.6 Å². The van der Waals surface area contributed by atoms with Crippen molar-refractivity contribution in [1.82, 2.24) is 25.5 Å². The molecule has 1 atom stereocenters. The lowest BCUT2D eigenvalue weighted by molar-refractivity contribution is 0.0925. The molecule has 2 amide bonds. The standard InChI is InChI=1S/C28H34N6O2/c1-28(2,3)34-15-13-22(18-34)32-27(36)24-25(29)31-17-23(33-24)20-10-7-11-21(16-20)26(35)30-14-12-19-8-5-4-6-9-19/h4-11,16-17,22H,12-15,18H2,1-3H3,(H2,29,31)(H,30,35)(H,32,36)/t22-/m0/s1. The molecule has 3 aromatic rings. The summed E-state index contributed by atoms with van der Waals surface area (Å²) in [4.78, 5) is 36.8. The Bertz CT molecular complexity index is 1220. The second-order valence-electron chi connectivity index (χ2n) is 10.1. The topological polar surface area (TPSA) is 113 Å². The van der Waals surface area contributed by atoms with Crippen molar-refractivity contribution in [1.29, 1.82) is 0 Å². The second kappa shape index (κ2) is 10.9. The molecule has 1 saturated heterocycles. The maximum absolute atomic E-state index is 13.0. The van der Waals surface area contributed by atoms with Crippen LogP contribution < -0.4 is 16.4 Å². The molecule has 1 aliphatic rings. The van der Waals surface area contributed by atoms with Gasteiger partial charge in [0.05, 0.1) is 11.9 Å². The summed E-state index contributed by atoms with van der Waals surface area (Å²) in [5.74, 6) is -0.423. The molecule has 1 fully saturated rings. The minimum atomic E-state index is -0.336. The number of carbonyl (C=O) groups is 2. The van der Waals surface area contributed by atoms with Crippen LogP contribution in [0.15, 0.2) is 60.8 Å². The Kier molecular flexibility index (Phi) is 7.64. The Balaban J connectivity index is 1.42. The summed E-state index contributed by atoms with van der Waals surface area (Å²) in [6.45, 7) is 8.75. The molecule has 8 nitrogen and oxygen atoms in total. The van der Waals surface area contributed by atoms with E-state index in [9.17, 15) is 9.59 Å². The van der Waals surface area contributed by atoms with Gasteiger partial charge < -0.3 is 16.4 Å². The zero-order chi connectivity index (χ0) is 25.7. The fourth-order valence-electron chi connectivity index (χ4n) is 4.33. The fraction of sp³-hybridized carbons (Fsp3) is 0.357. The number of amides is 2. The number of benzene rings is 2.